The molecule has 0 saturated heterocycles. The molecule has 0 fully saturated rings. The predicted molar refractivity (Wildman–Crippen MR) is 81.4 cm³/mol. The summed E-state index contributed by atoms with van der Waals surface area (Å²) in [5.74, 6) is 1.38. The first-order valence-corrected chi connectivity index (χ1v) is 6.78. The van der Waals surface area contributed by atoms with E-state index < -0.39 is 0 Å². The fourth-order valence-electron chi connectivity index (χ4n) is 2.05. The van der Waals surface area contributed by atoms with Gasteiger partial charge in [0.05, 0.1) is 31.6 Å². The van der Waals surface area contributed by atoms with E-state index >= 15 is 0 Å². The molecule has 2 aromatic rings. The molecule has 0 aliphatic rings. The van der Waals surface area contributed by atoms with Gasteiger partial charge in [-0.1, -0.05) is 12.1 Å². The molecule has 0 bridgehead atoms. The third-order valence-electron chi connectivity index (χ3n) is 3.39. The number of para-hydroxylation sites is 2. The Kier molecular flexibility index (Phi) is 5.00. The molecule has 21 heavy (non-hydrogen) atoms. The van der Waals surface area contributed by atoms with Crippen LogP contribution in [0.15, 0.2) is 47.1 Å². The number of furan rings is 1. The highest BCUT2D eigenvalue weighted by Crippen LogP contribution is 2.23. The number of benzene rings is 1. The first-order valence-electron chi connectivity index (χ1n) is 6.78. The van der Waals surface area contributed by atoms with Crippen LogP contribution in [0.1, 0.15) is 18.7 Å². The zero-order valence-electron chi connectivity index (χ0n) is 12.5. The lowest BCUT2D eigenvalue weighted by Crippen LogP contribution is -2.32. The van der Waals surface area contributed by atoms with Crippen LogP contribution in [0.25, 0.3) is 0 Å². The number of rotatable bonds is 6. The van der Waals surface area contributed by atoms with Crippen LogP contribution in [0.4, 0.5) is 5.69 Å². The molecule has 5 nitrogen and oxygen atoms in total. The summed E-state index contributed by atoms with van der Waals surface area (Å²) in [5.41, 5.74) is 0.670. The molecule has 1 atom stereocenters. The van der Waals surface area contributed by atoms with E-state index in [1.54, 1.807) is 13.4 Å². The Hall–Kier alpha value is -2.27. The number of ether oxygens (including phenoxy) is 1. The molecule has 0 saturated carbocycles. The predicted octanol–water partition coefficient (Wildman–Crippen LogP) is 2.92. The van der Waals surface area contributed by atoms with E-state index in [-0.39, 0.29) is 18.5 Å². The van der Waals surface area contributed by atoms with Crippen LogP contribution >= 0.6 is 0 Å². The molecule has 0 aliphatic heterocycles. The normalized spacial score (nSPS) is 12.2. The average Bonchev–Trinajstić information content (AvgIpc) is 3.01. The second-order valence-corrected chi connectivity index (χ2v) is 4.85. The van der Waals surface area contributed by atoms with E-state index in [2.05, 4.69) is 5.32 Å². The third kappa shape index (κ3) is 3.86. The zero-order chi connectivity index (χ0) is 15.2. The number of likely N-dealkylation sites (N-methyl/N-ethyl adjacent to an activating group) is 1. The lowest BCUT2D eigenvalue weighted by atomic mass is 10.2. The van der Waals surface area contributed by atoms with Gasteiger partial charge < -0.3 is 14.5 Å². The highest BCUT2D eigenvalue weighted by molar-refractivity contribution is 5.93. The quantitative estimate of drug-likeness (QED) is 0.888. The minimum absolute atomic E-state index is 0.0309. The van der Waals surface area contributed by atoms with Crippen molar-refractivity contribution in [3.05, 3.63) is 48.4 Å². The number of nitrogens with one attached hydrogen (secondary N) is 1. The zero-order valence-corrected chi connectivity index (χ0v) is 12.5. The Labute approximate surface area is 124 Å². The molecule has 1 unspecified atom stereocenters. The van der Waals surface area contributed by atoms with Crippen LogP contribution in [-0.4, -0.2) is 31.5 Å². The van der Waals surface area contributed by atoms with Crippen LogP contribution in [0.5, 0.6) is 5.75 Å². The number of carbonyl (C=O) groups excluding carboxylic acids is 1. The van der Waals surface area contributed by atoms with Crippen molar-refractivity contribution in [1.82, 2.24) is 4.90 Å². The van der Waals surface area contributed by atoms with Gasteiger partial charge in [0.15, 0.2) is 0 Å². The van der Waals surface area contributed by atoms with Crippen molar-refractivity contribution in [2.45, 2.75) is 13.0 Å². The molecule has 1 amide bonds. The van der Waals surface area contributed by atoms with E-state index in [1.165, 1.54) is 0 Å². The Bertz CT molecular complexity index is 581. The topological polar surface area (TPSA) is 54.7 Å². The number of nitrogens with zero attached hydrogens (tertiary/aromatic N) is 1. The molecular weight excluding hydrogens is 268 g/mol. The standard InChI is InChI=1S/C16H20N2O3/c1-12(14-9-6-10-21-14)18(2)11-16(19)17-13-7-4-5-8-15(13)20-3/h4-10,12H,11H2,1-3H3,(H,17,19). The molecule has 0 aliphatic carbocycles. The first kappa shape index (κ1) is 15.1. The SMILES string of the molecule is COc1ccccc1NC(=O)CN(C)C(C)c1ccco1. The summed E-state index contributed by atoms with van der Waals surface area (Å²) in [6, 6.07) is 11.1. The number of carbonyl (C=O) groups is 1. The van der Waals surface area contributed by atoms with Gasteiger partial charge in [-0.05, 0) is 38.2 Å². The summed E-state index contributed by atoms with van der Waals surface area (Å²) in [6.07, 6.45) is 1.63. The minimum atomic E-state index is -0.0968. The van der Waals surface area contributed by atoms with E-state index in [1.807, 2.05) is 55.3 Å². The fraction of sp³-hybridized carbons (Fsp3) is 0.312. The van der Waals surface area contributed by atoms with Crippen molar-refractivity contribution in [2.24, 2.45) is 0 Å². The fourth-order valence-corrected chi connectivity index (χ4v) is 2.05. The molecular formula is C16H20N2O3. The summed E-state index contributed by atoms with van der Waals surface area (Å²) in [7, 11) is 3.46. The summed E-state index contributed by atoms with van der Waals surface area (Å²) < 4.78 is 10.6. The van der Waals surface area contributed by atoms with Gasteiger partial charge in [0.2, 0.25) is 5.91 Å². The smallest absolute Gasteiger partial charge is 0.238 e. The third-order valence-corrected chi connectivity index (χ3v) is 3.39. The van der Waals surface area contributed by atoms with E-state index in [0.717, 1.165) is 5.76 Å². The van der Waals surface area contributed by atoms with E-state index in [4.69, 9.17) is 9.15 Å². The van der Waals surface area contributed by atoms with Gasteiger partial charge in [0.25, 0.3) is 0 Å². The maximum absolute atomic E-state index is 12.1. The van der Waals surface area contributed by atoms with Crippen molar-refractivity contribution < 1.29 is 13.9 Å². The van der Waals surface area contributed by atoms with Gasteiger partial charge in [0, 0.05) is 0 Å². The maximum atomic E-state index is 12.1. The summed E-state index contributed by atoms with van der Waals surface area (Å²) in [4.78, 5) is 14.0. The highest BCUT2D eigenvalue weighted by Gasteiger charge is 2.17. The van der Waals surface area contributed by atoms with Crippen molar-refractivity contribution in [1.29, 1.82) is 0 Å². The average molecular weight is 288 g/mol. The summed E-state index contributed by atoms with van der Waals surface area (Å²) >= 11 is 0. The van der Waals surface area contributed by atoms with Crippen LogP contribution in [-0.2, 0) is 4.79 Å². The van der Waals surface area contributed by atoms with Crippen LogP contribution in [0.2, 0.25) is 0 Å². The van der Waals surface area contributed by atoms with Gasteiger partial charge in [-0.3, -0.25) is 9.69 Å². The Morgan fingerprint density at radius 1 is 1.33 bits per heavy atom. The van der Waals surface area contributed by atoms with Crippen LogP contribution in [0.3, 0.4) is 0 Å². The Morgan fingerprint density at radius 2 is 2.10 bits per heavy atom. The van der Waals surface area contributed by atoms with Crippen molar-refractivity contribution in [3.63, 3.8) is 0 Å². The molecule has 2 rings (SSSR count). The second-order valence-electron chi connectivity index (χ2n) is 4.85. The molecule has 0 spiro atoms. The molecule has 1 aromatic heterocycles. The van der Waals surface area contributed by atoms with Gasteiger partial charge in [-0.25, -0.2) is 0 Å². The van der Waals surface area contributed by atoms with Crippen molar-refractivity contribution in [2.75, 3.05) is 26.0 Å². The molecule has 112 valence electrons. The lowest BCUT2D eigenvalue weighted by Gasteiger charge is -2.22. The summed E-state index contributed by atoms with van der Waals surface area (Å²) in [5, 5.41) is 2.86. The summed E-state index contributed by atoms with van der Waals surface area (Å²) in [6.45, 7) is 2.26. The van der Waals surface area contributed by atoms with Gasteiger partial charge in [-0.2, -0.15) is 0 Å². The number of hydrogen-bond acceptors (Lipinski definition) is 4. The maximum Gasteiger partial charge on any atom is 0.238 e. The second kappa shape index (κ2) is 6.95. The van der Waals surface area contributed by atoms with E-state index in [0.29, 0.717) is 11.4 Å². The number of methoxy groups -OCH3 is 1. The highest BCUT2D eigenvalue weighted by atomic mass is 16.5. The largest absolute Gasteiger partial charge is 0.495 e. The van der Waals surface area contributed by atoms with E-state index in [9.17, 15) is 4.79 Å². The lowest BCUT2D eigenvalue weighted by molar-refractivity contribution is -0.117. The Balaban J connectivity index is 1.95. The van der Waals surface area contributed by atoms with Crippen LogP contribution < -0.4 is 10.1 Å². The number of amides is 1. The van der Waals surface area contributed by atoms with Gasteiger partial charge in [0.1, 0.15) is 11.5 Å². The molecule has 1 N–H and O–H groups in total. The first-order chi connectivity index (χ1) is 10.1. The number of hydrogen-bond donors (Lipinski definition) is 1. The molecule has 1 aromatic carbocycles. The monoisotopic (exact) mass is 288 g/mol. The van der Waals surface area contributed by atoms with Gasteiger partial charge in [-0.15, -0.1) is 0 Å². The molecule has 1 heterocycles. The van der Waals surface area contributed by atoms with Crippen molar-refractivity contribution >= 4 is 11.6 Å². The minimum Gasteiger partial charge on any atom is -0.495 e. The Morgan fingerprint density at radius 3 is 2.76 bits per heavy atom. The number of anilines is 1. The molecule has 0 radical (unpaired) electrons. The molecule has 5 heteroatoms. The van der Waals surface area contributed by atoms with Crippen LogP contribution in [0, 0.1) is 0 Å². The van der Waals surface area contributed by atoms with Gasteiger partial charge >= 0.3 is 0 Å². The van der Waals surface area contributed by atoms with Crippen molar-refractivity contribution in [3.8, 4) is 5.75 Å².